The molecule has 1 amide bonds. The summed E-state index contributed by atoms with van der Waals surface area (Å²) >= 11 is 0. The molecular formula is C21H31NO6. The molecule has 1 atom stereocenters. The van der Waals surface area contributed by atoms with Crippen LogP contribution in [0.2, 0.25) is 0 Å². The van der Waals surface area contributed by atoms with Crippen LogP contribution < -0.4 is 19.5 Å². The fourth-order valence-corrected chi connectivity index (χ4v) is 3.72. The van der Waals surface area contributed by atoms with Crippen LogP contribution >= 0.6 is 0 Å². The summed E-state index contributed by atoms with van der Waals surface area (Å²) in [5, 5.41) is 2.94. The lowest BCUT2D eigenvalue weighted by Gasteiger charge is -2.22. The second kappa shape index (κ2) is 9.47. The predicted octanol–water partition coefficient (Wildman–Crippen LogP) is 3.30. The molecule has 1 aliphatic heterocycles. The van der Waals surface area contributed by atoms with Gasteiger partial charge in [0.1, 0.15) is 6.10 Å². The van der Waals surface area contributed by atoms with Crippen LogP contribution in [-0.2, 0) is 9.47 Å². The first-order valence-corrected chi connectivity index (χ1v) is 10.3. The highest BCUT2D eigenvalue weighted by Gasteiger charge is 2.43. The van der Waals surface area contributed by atoms with Crippen LogP contribution in [0.25, 0.3) is 0 Å². The second-order valence-electron chi connectivity index (χ2n) is 6.98. The van der Waals surface area contributed by atoms with Gasteiger partial charge in [0.25, 0.3) is 5.91 Å². The minimum atomic E-state index is -0.418. The molecule has 2 aliphatic rings. The van der Waals surface area contributed by atoms with E-state index in [0.717, 1.165) is 25.7 Å². The van der Waals surface area contributed by atoms with Gasteiger partial charge in [0.2, 0.25) is 5.75 Å². The number of hydrogen-bond donors (Lipinski definition) is 1. The maximum atomic E-state index is 12.7. The summed E-state index contributed by atoms with van der Waals surface area (Å²) in [6, 6.07) is 3.38. The van der Waals surface area contributed by atoms with E-state index in [1.165, 1.54) is 0 Å². The molecule has 156 valence electrons. The minimum absolute atomic E-state index is 0.123. The van der Waals surface area contributed by atoms with E-state index < -0.39 is 5.79 Å². The van der Waals surface area contributed by atoms with Crippen molar-refractivity contribution in [3.8, 4) is 17.2 Å². The molecule has 0 bridgehead atoms. The molecule has 7 heteroatoms. The molecule has 28 heavy (non-hydrogen) atoms. The summed E-state index contributed by atoms with van der Waals surface area (Å²) in [5.74, 6) is 0.912. The van der Waals surface area contributed by atoms with Crippen molar-refractivity contribution < 1.29 is 28.5 Å². The lowest BCUT2D eigenvalue weighted by atomic mass is 10.1. The van der Waals surface area contributed by atoms with Crippen LogP contribution in [0.15, 0.2) is 12.1 Å². The fraction of sp³-hybridized carbons (Fsp3) is 0.667. The lowest BCUT2D eigenvalue weighted by molar-refractivity contribution is -0.161. The monoisotopic (exact) mass is 393 g/mol. The number of carbonyl (C=O) groups is 1. The van der Waals surface area contributed by atoms with Gasteiger partial charge in [-0.25, -0.2) is 0 Å². The van der Waals surface area contributed by atoms with Gasteiger partial charge >= 0.3 is 0 Å². The zero-order valence-corrected chi connectivity index (χ0v) is 17.0. The van der Waals surface area contributed by atoms with Crippen LogP contribution in [-0.4, -0.2) is 50.8 Å². The maximum Gasteiger partial charge on any atom is 0.251 e. The van der Waals surface area contributed by atoms with E-state index in [-0.39, 0.29) is 12.0 Å². The molecular weight excluding hydrogens is 362 g/mol. The van der Waals surface area contributed by atoms with Crippen molar-refractivity contribution in [1.29, 1.82) is 0 Å². The van der Waals surface area contributed by atoms with Crippen LogP contribution in [0.4, 0.5) is 0 Å². The van der Waals surface area contributed by atoms with Gasteiger partial charge < -0.3 is 29.0 Å². The highest BCUT2D eigenvalue weighted by atomic mass is 16.7. The van der Waals surface area contributed by atoms with Crippen LogP contribution in [0.5, 0.6) is 17.2 Å². The molecule has 1 heterocycles. The van der Waals surface area contributed by atoms with Gasteiger partial charge in [-0.05, 0) is 45.7 Å². The molecule has 1 N–H and O–H groups in total. The molecule has 1 spiro atoms. The SMILES string of the molecule is CCOc1cc(C(=O)NC[C@H]2COC3(CCCC3)O2)cc(OCC)c1OCC. The summed E-state index contributed by atoms with van der Waals surface area (Å²) in [7, 11) is 0. The lowest BCUT2D eigenvalue weighted by Crippen LogP contribution is -2.35. The van der Waals surface area contributed by atoms with Crippen molar-refractivity contribution in [2.75, 3.05) is 33.0 Å². The Labute approximate surface area is 166 Å². The number of ether oxygens (including phenoxy) is 5. The quantitative estimate of drug-likeness (QED) is 0.694. The normalized spacial score (nSPS) is 20.3. The van der Waals surface area contributed by atoms with Crippen molar-refractivity contribution in [3.63, 3.8) is 0 Å². The summed E-state index contributed by atoms with van der Waals surface area (Å²) < 4.78 is 29.0. The fourth-order valence-electron chi connectivity index (χ4n) is 3.72. The summed E-state index contributed by atoms with van der Waals surface area (Å²) in [6.07, 6.45) is 4.01. The minimum Gasteiger partial charge on any atom is -0.490 e. The summed E-state index contributed by atoms with van der Waals surface area (Å²) in [5.41, 5.74) is 0.463. The van der Waals surface area contributed by atoms with Crippen molar-refractivity contribution in [1.82, 2.24) is 5.32 Å². The highest BCUT2D eigenvalue weighted by Crippen LogP contribution is 2.40. The van der Waals surface area contributed by atoms with E-state index in [2.05, 4.69) is 5.32 Å². The Morgan fingerprint density at radius 1 is 1.07 bits per heavy atom. The third-order valence-electron chi connectivity index (χ3n) is 4.94. The van der Waals surface area contributed by atoms with Crippen LogP contribution in [0.3, 0.4) is 0 Å². The zero-order valence-electron chi connectivity index (χ0n) is 17.0. The molecule has 2 fully saturated rings. The third kappa shape index (κ3) is 4.70. The molecule has 0 unspecified atom stereocenters. The largest absolute Gasteiger partial charge is 0.490 e. The van der Waals surface area contributed by atoms with E-state index in [0.29, 0.717) is 55.8 Å². The first kappa shape index (κ1) is 20.7. The van der Waals surface area contributed by atoms with Crippen molar-refractivity contribution in [2.24, 2.45) is 0 Å². The standard InChI is InChI=1S/C21H31NO6/c1-4-24-17-11-15(12-18(25-5-2)19(17)26-6-3)20(23)22-13-16-14-27-21(28-16)9-7-8-10-21/h11-12,16H,4-10,13-14H2,1-3H3,(H,22,23)/t16-/m0/s1. The van der Waals surface area contributed by atoms with Gasteiger partial charge in [-0.15, -0.1) is 0 Å². The molecule has 1 aliphatic carbocycles. The van der Waals surface area contributed by atoms with Gasteiger partial charge in [0.05, 0.1) is 26.4 Å². The third-order valence-corrected chi connectivity index (χ3v) is 4.94. The number of amides is 1. The van der Waals surface area contributed by atoms with Gasteiger partial charge in [-0.2, -0.15) is 0 Å². The number of nitrogens with one attached hydrogen (secondary N) is 1. The van der Waals surface area contributed by atoms with Crippen molar-refractivity contribution in [3.05, 3.63) is 17.7 Å². The maximum absolute atomic E-state index is 12.7. The Morgan fingerprint density at radius 3 is 2.25 bits per heavy atom. The average molecular weight is 393 g/mol. The van der Waals surface area contributed by atoms with Crippen molar-refractivity contribution in [2.45, 2.75) is 58.3 Å². The predicted molar refractivity (Wildman–Crippen MR) is 104 cm³/mol. The molecule has 0 radical (unpaired) electrons. The van der Waals surface area contributed by atoms with E-state index in [4.69, 9.17) is 23.7 Å². The first-order valence-electron chi connectivity index (χ1n) is 10.3. The average Bonchev–Trinajstić information content (AvgIpc) is 3.32. The van der Waals surface area contributed by atoms with E-state index in [1.54, 1.807) is 12.1 Å². The molecule has 1 saturated carbocycles. The molecule has 1 aromatic carbocycles. The van der Waals surface area contributed by atoms with E-state index >= 15 is 0 Å². The topological polar surface area (TPSA) is 75.3 Å². The van der Waals surface area contributed by atoms with Crippen LogP contribution in [0, 0.1) is 0 Å². The summed E-state index contributed by atoms with van der Waals surface area (Å²) in [4.78, 5) is 12.7. The van der Waals surface area contributed by atoms with Crippen molar-refractivity contribution >= 4 is 5.91 Å². The Balaban J connectivity index is 1.68. The van der Waals surface area contributed by atoms with Gasteiger partial charge in [0, 0.05) is 24.9 Å². The Hall–Kier alpha value is -1.99. The van der Waals surface area contributed by atoms with Crippen LogP contribution in [0.1, 0.15) is 56.8 Å². The zero-order chi connectivity index (χ0) is 20.0. The second-order valence-corrected chi connectivity index (χ2v) is 6.98. The molecule has 7 nitrogen and oxygen atoms in total. The number of rotatable bonds is 9. The highest BCUT2D eigenvalue weighted by molar-refractivity contribution is 5.95. The van der Waals surface area contributed by atoms with E-state index in [9.17, 15) is 4.79 Å². The molecule has 0 aromatic heterocycles. The molecule has 1 aromatic rings. The number of hydrogen-bond acceptors (Lipinski definition) is 6. The number of carbonyl (C=O) groups excluding carboxylic acids is 1. The summed E-state index contributed by atoms with van der Waals surface area (Å²) in [6.45, 7) is 8.00. The van der Waals surface area contributed by atoms with Gasteiger partial charge in [-0.3, -0.25) is 4.79 Å². The van der Waals surface area contributed by atoms with E-state index in [1.807, 2.05) is 20.8 Å². The Morgan fingerprint density at radius 2 is 1.68 bits per heavy atom. The number of benzene rings is 1. The smallest absolute Gasteiger partial charge is 0.251 e. The molecule has 1 saturated heterocycles. The van der Waals surface area contributed by atoms with Gasteiger partial charge in [0.15, 0.2) is 17.3 Å². The molecule has 3 rings (SSSR count). The Bertz CT molecular complexity index is 644. The Kier molecular flexibility index (Phi) is 7.02. The first-order chi connectivity index (χ1) is 13.6. The van der Waals surface area contributed by atoms with Gasteiger partial charge in [-0.1, -0.05) is 0 Å².